The van der Waals surface area contributed by atoms with Crippen molar-refractivity contribution in [3.63, 3.8) is 0 Å². The number of imidazole rings is 1. The number of aromatic amines is 2. The van der Waals surface area contributed by atoms with Crippen molar-refractivity contribution in [2.75, 3.05) is 0 Å². The van der Waals surface area contributed by atoms with E-state index in [1.54, 1.807) is 0 Å². The maximum absolute atomic E-state index is 11.2. The lowest BCUT2D eigenvalue weighted by Gasteiger charge is -2.35. The molecule has 5 heteroatoms. The quantitative estimate of drug-likeness (QED) is 0.651. The standard InChI is InChI=1S/C13H18N4O/c1-7(15-10-5-9(14)6-10)8-2-3-11-12(4-8)17-13(18)16-11/h2-4,7,9-10,15H,5-6,14H2,1H3,(H2,16,17,18). The van der Waals surface area contributed by atoms with E-state index in [0.29, 0.717) is 12.1 Å². The molecule has 2 aromatic rings. The molecule has 5 nitrogen and oxygen atoms in total. The molecular weight excluding hydrogens is 228 g/mol. The van der Waals surface area contributed by atoms with Crippen LogP contribution in [-0.4, -0.2) is 22.1 Å². The lowest BCUT2D eigenvalue weighted by molar-refractivity contribution is 0.272. The van der Waals surface area contributed by atoms with Gasteiger partial charge in [-0.25, -0.2) is 4.79 Å². The summed E-state index contributed by atoms with van der Waals surface area (Å²) in [5, 5.41) is 3.55. The molecule has 0 radical (unpaired) electrons. The highest BCUT2D eigenvalue weighted by Gasteiger charge is 2.26. The van der Waals surface area contributed by atoms with Gasteiger partial charge in [0.1, 0.15) is 0 Å². The smallest absolute Gasteiger partial charge is 0.323 e. The predicted octanol–water partition coefficient (Wildman–Crippen LogP) is 0.997. The van der Waals surface area contributed by atoms with Crippen LogP contribution in [0.4, 0.5) is 0 Å². The largest absolute Gasteiger partial charge is 0.328 e. The van der Waals surface area contributed by atoms with Gasteiger partial charge >= 0.3 is 5.69 Å². The Kier molecular flexibility index (Phi) is 2.72. The van der Waals surface area contributed by atoms with Gasteiger partial charge in [-0.15, -0.1) is 0 Å². The highest BCUT2D eigenvalue weighted by Crippen LogP contribution is 2.23. The Bertz CT molecular complexity index is 609. The van der Waals surface area contributed by atoms with Gasteiger partial charge in [0.15, 0.2) is 0 Å². The number of nitrogens with one attached hydrogen (secondary N) is 3. The monoisotopic (exact) mass is 246 g/mol. The van der Waals surface area contributed by atoms with Crippen LogP contribution in [-0.2, 0) is 0 Å². The molecule has 1 heterocycles. The first-order valence-corrected chi connectivity index (χ1v) is 6.35. The molecule has 96 valence electrons. The van der Waals surface area contributed by atoms with Gasteiger partial charge in [-0.1, -0.05) is 6.07 Å². The number of aromatic nitrogens is 2. The molecule has 1 aromatic heterocycles. The first kappa shape index (κ1) is 11.5. The minimum absolute atomic E-state index is 0.160. The fourth-order valence-electron chi connectivity index (χ4n) is 2.57. The fourth-order valence-corrected chi connectivity index (χ4v) is 2.57. The molecule has 1 saturated carbocycles. The van der Waals surface area contributed by atoms with Crippen molar-refractivity contribution in [2.24, 2.45) is 5.73 Å². The van der Waals surface area contributed by atoms with E-state index in [1.807, 2.05) is 18.2 Å². The van der Waals surface area contributed by atoms with E-state index in [1.165, 1.54) is 5.56 Å². The average molecular weight is 246 g/mol. The molecule has 0 spiro atoms. The van der Waals surface area contributed by atoms with Crippen LogP contribution in [0.3, 0.4) is 0 Å². The molecule has 1 atom stereocenters. The first-order chi connectivity index (χ1) is 8.61. The van der Waals surface area contributed by atoms with Gasteiger partial charge in [-0.3, -0.25) is 0 Å². The maximum Gasteiger partial charge on any atom is 0.323 e. The van der Waals surface area contributed by atoms with Crippen LogP contribution in [0.5, 0.6) is 0 Å². The Balaban J connectivity index is 1.78. The lowest BCUT2D eigenvalue weighted by Crippen LogP contribution is -2.49. The van der Waals surface area contributed by atoms with Crippen LogP contribution < -0.4 is 16.7 Å². The zero-order valence-electron chi connectivity index (χ0n) is 10.4. The van der Waals surface area contributed by atoms with Crippen molar-refractivity contribution in [3.8, 4) is 0 Å². The molecule has 0 bridgehead atoms. The van der Waals surface area contributed by atoms with Crippen LogP contribution in [0.1, 0.15) is 31.4 Å². The van der Waals surface area contributed by atoms with Crippen LogP contribution in [0.15, 0.2) is 23.0 Å². The third-order valence-electron chi connectivity index (χ3n) is 3.70. The summed E-state index contributed by atoms with van der Waals surface area (Å²) < 4.78 is 0. The maximum atomic E-state index is 11.2. The average Bonchev–Trinajstić information content (AvgIpc) is 2.65. The zero-order valence-corrected chi connectivity index (χ0v) is 10.4. The van der Waals surface area contributed by atoms with Crippen molar-refractivity contribution in [3.05, 3.63) is 34.2 Å². The Morgan fingerprint density at radius 1 is 1.33 bits per heavy atom. The third-order valence-corrected chi connectivity index (χ3v) is 3.70. The van der Waals surface area contributed by atoms with E-state index in [2.05, 4.69) is 22.2 Å². The Morgan fingerprint density at radius 2 is 2.06 bits per heavy atom. The summed E-state index contributed by atoms with van der Waals surface area (Å²) in [6.07, 6.45) is 2.10. The number of H-pyrrole nitrogens is 2. The van der Waals surface area contributed by atoms with Gasteiger partial charge in [0, 0.05) is 18.1 Å². The van der Waals surface area contributed by atoms with E-state index in [-0.39, 0.29) is 11.7 Å². The zero-order chi connectivity index (χ0) is 12.7. The van der Waals surface area contributed by atoms with E-state index < -0.39 is 0 Å². The van der Waals surface area contributed by atoms with E-state index in [4.69, 9.17) is 5.73 Å². The molecule has 5 N–H and O–H groups in total. The van der Waals surface area contributed by atoms with Gasteiger partial charge in [0.2, 0.25) is 0 Å². The van der Waals surface area contributed by atoms with Crippen LogP contribution in [0.2, 0.25) is 0 Å². The van der Waals surface area contributed by atoms with Crippen molar-refractivity contribution >= 4 is 11.0 Å². The van der Waals surface area contributed by atoms with Gasteiger partial charge in [0.25, 0.3) is 0 Å². The Hall–Kier alpha value is -1.59. The number of rotatable bonds is 3. The molecule has 0 saturated heterocycles. The Morgan fingerprint density at radius 3 is 2.78 bits per heavy atom. The minimum atomic E-state index is -0.160. The summed E-state index contributed by atoms with van der Waals surface area (Å²) in [5.41, 5.74) is 8.50. The second-order valence-corrected chi connectivity index (χ2v) is 5.20. The van der Waals surface area contributed by atoms with Gasteiger partial charge in [-0.05, 0) is 37.5 Å². The fraction of sp³-hybridized carbons (Fsp3) is 0.462. The molecule has 0 amide bonds. The van der Waals surface area contributed by atoms with E-state index in [9.17, 15) is 4.79 Å². The second kappa shape index (κ2) is 4.26. The second-order valence-electron chi connectivity index (χ2n) is 5.20. The van der Waals surface area contributed by atoms with E-state index in [0.717, 1.165) is 23.9 Å². The molecule has 1 aromatic carbocycles. The highest BCUT2D eigenvalue weighted by atomic mass is 16.1. The van der Waals surface area contributed by atoms with Crippen molar-refractivity contribution in [1.82, 2.24) is 15.3 Å². The Labute approximate surface area is 105 Å². The van der Waals surface area contributed by atoms with Gasteiger partial charge in [-0.2, -0.15) is 0 Å². The predicted molar refractivity (Wildman–Crippen MR) is 71.5 cm³/mol. The SMILES string of the molecule is CC(NC1CC(N)C1)c1ccc2[nH]c(=O)[nH]c2c1. The van der Waals surface area contributed by atoms with Crippen LogP contribution >= 0.6 is 0 Å². The lowest BCUT2D eigenvalue weighted by atomic mass is 9.87. The first-order valence-electron chi connectivity index (χ1n) is 6.35. The molecular formula is C13H18N4O. The number of nitrogens with two attached hydrogens (primary N) is 1. The molecule has 18 heavy (non-hydrogen) atoms. The summed E-state index contributed by atoms with van der Waals surface area (Å²) in [7, 11) is 0. The molecule has 1 aliphatic carbocycles. The van der Waals surface area contributed by atoms with Gasteiger partial charge < -0.3 is 21.0 Å². The van der Waals surface area contributed by atoms with Crippen molar-refractivity contribution in [2.45, 2.75) is 37.9 Å². The van der Waals surface area contributed by atoms with Gasteiger partial charge in [0.05, 0.1) is 11.0 Å². The summed E-state index contributed by atoms with van der Waals surface area (Å²) >= 11 is 0. The molecule has 1 aliphatic rings. The summed E-state index contributed by atoms with van der Waals surface area (Å²) in [4.78, 5) is 16.7. The number of hydrogen-bond donors (Lipinski definition) is 4. The molecule has 3 rings (SSSR count). The molecule has 0 aliphatic heterocycles. The summed E-state index contributed by atoms with van der Waals surface area (Å²) in [5.74, 6) is 0. The number of fused-ring (bicyclic) bond motifs is 1. The number of hydrogen-bond acceptors (Lipinski definition) is 3. The van der Waals surface area contributed by atoms with Crippen LogP contribution in [0.25, 0.3) is 11.0 Å². The number of benzene rings is 1. The minimum Gasteiger partial charge on any atom is -0.328 e. The summed E-state index contributed by atoms with van der Waals surface area (Å²) in [6.45, 7) is 2.13. The molecule has 1 fully saturated rings. The third kappa shape index (κ3) is 2.07. The van der Waals surface area contributed by atoms with Crippen molar-refractivity contribution < 1.29 is 0 Å². The highest BCUT2D eigenvalue weighted by molar-refractivity contribution is 5.75. The topological polar surface area (TPSA) is 86.7 Å². The van der Waals surface area contributed by atoms with Crippen molar-refractivity contribution in [1.29, 1.82) is 0 Å². The summed E-state index contributed by atoms with van der Waals surface area (Å²) in [6, 6.07) is 7.15. The molecule has 1 unspecified atom stereocenters. The normalized spacial score (nSPS) is 25.0. The van der Waals surface area contributed by atoms with E-state index >= 15 is 0 Å². The van der Waals surface area contributed by atoms with Crippen LogP contribution in [0, 0.1) is 0 Å².